The molecule has 0 aliphatic carbocycles. The number of hydrogen-bond acceptors (Lipinski definition) is 4. The van der Waals surface area contributed by atoms with E-state index in [2.05, 4.69) is 31.4 Å². The molecule has 212 valence electrons. The molecular weight excluding hydrogens is 558 g/mol. The first-order valence-electron chi connectivity index (χ1n) is 13.0. The molecule has 0 saturated heterocycles. The Hall–Kier alpha value is -4.14. The summed E-state index contributed by atoms with van der Waals surface area (Å²) in [5.41, 5.74) is 3.42. The van der Waals surface area contributed by atoms with Gasteiger partial charge in [0.25, 0.3) is 15.9 Å². The minimum absolute atomic E-state index is 0.0248. The van der Waals surface area contributed by atoms with Gasteiger partial charge in [-0.25, -0.2) is 8.42 Å². The first-order valence-corrected chi connectivity index (χ1v) is 14.8. The normalized spacial score (nSPS) is 11.5. The molecule has 0 radical (unpaired) electrons. The largest absolute Gasteiger partial charge is 0.324 e. The predicted octanol–water partition coefficient (Wildman–Crippen LogP) is 7.03. The van der Waals surface area contributed by atoms with Crippen molar-refractivity contribution in [2.75, 3.05) is 21.5 Å². The lowest BCUT2D eigenvalue weighted by atomic mass is 9.87. The Morgan fingerprint density at radius 2 is 1.44 bits per heavy atom. The molecule has 0 bridgehead atoms. The van der Waals surface area contributed by atoms with Crippen molar-refractivity contribution in [3.8, 4) is 0 Å². The van der Waals surface area contributed by atoms with Crippen LogP contribution in [0, 0.1) is 6.92 Å². The highest BCUT2D eigenvalue weighted by Crippen LogP contribution is 2.30. The van der Waals surface area contributed by atoms with Crippen LogP contribution in [-0.2, 0) is 20.2 Å². The third-order valence-electron chi connectivity index (χ3n) is 6.48. The second kappa shape index (κ2) is 12.2. The van der Waals surface area contributed by atoms with Gasteiger partial charge in [0.2, 0.25) is 5.91 Å². The summed E-state index contributed by atoms with van der Waals surface area (Å²) < 4.78 is 28.3. The van der Waals surface area contributed by atoms with Gasteiger partial charge >= 0.3 is 0 Å². The van der Waals surface area contributed by atoms with Gasteiger partial charge in [-0.3, -0.25) is 13.9 Å². The van der Waals surface area contributed by atoms with Crippen molar-refractivity contribution in [2.24, 2.45) is 0 Å². The van der Waals surface area contributed by atoms with E-state index in [1.54, 1.807) is 73.7 Å². The second-order valence-corrected chi connectivity index (χ2v) is 13.0. The maximum Gasteiger partial charge on any atom is 0.264 e. The zero-order valence-corrected chi connectivity index (χ0v) is 24.9. The van der Waals surface area contributed by atoms with Gasteiger partial charge in [0, 0.05) is 22.0 Å². The summed E-state index contributed by atoms with van der Waals surface area (Å²) in [7, 11) is -4.09. The molecule has 9 heteroatoms. The predicted molar refractivity (Wildman–Crippen MR) is 165 cm³/mol. The lowest BCUT2D eigenvalue weighted by Gasteiger charge is -2.26. The van der Waals surface area contributed by atoms with Crippen LogP contribution in [0.5, 0.6) is 0 Å². The topological polar surface area (TPSA) is 95.6 Å². The number of rotatable bonds is 8. The molecule has 0 heterocycles. The number of anilines is 3. The van der Waals surface area contributed by atoms with E-state index in [4.69, 9.17) is 11.6 Å². The van der Waals surface area contributed by atoms with E-state index in [0.717, 1.165) is 9.87 Å². The number of benzene rings is 4. The quantitative estimate of drug-likeness (QED) is 0.231. The molecule has 0 unspecified atom stereocenters. The summed E-state index contributed by atoms with van der Waals surface area (Å²) in [4.78, 5) is 26.1. The van der Waals surface area contributed by atoms with Crippen LogP contribution in [-0.4, -0.2) is 26.8 Å². The maximum atomic E-state index is 13.6. The molecule has 4 aromatic rings. The molecule has 0 aliphatic rings. The van der Waals surface area contributed by atoms with E-state index in [1.165, 1.54) is 18.2 Å². The standard InChI is InChI=1S/C32H32ClN3O4S/c1-22-13-18-25(33)19-29(22)36(41(39,40)28-11-6-5-7-12-28)21-30(37)34-26-9-8-10-27(20-26)35-31(38)23-14-16-24(17-15-23)32(2,3)4/h5-20H,21H2,1-4H3,(H,34,37)(H,35,38). The fraction of sp³-hybridized carbons (Fsp3) is 0.188. The van der Waals surface area contributed by atoms with Crippen LogP contribution >= 0.6 is 11.6 Å². The number of nitrogens with zero attached hydrogens (tertiary/aromatic N) is 1. The summed E-state index contributed by atoms with van der Waals surface area (Å²) in [6.07, 6.45) is 0. The zero-order chi connectivity index (χ0) is 29.8. The lowest BCUT2D eigenvalue weighted by Crippen LogP contribution is -2.38. The van der Waals surface area contributed by atoms with E-state index < -0.39 is 22.5 Å². The van der Waals surface area contributed by atoms with Crippen molar-refractivity contribution in [1.82, 2.24) is 0 Å². The molecule has 4 rings (SSSR count). The minimum atomic E-state index is -4.09. The van der Waals surface area contributed by atoms with Crippen LogP contribution in [0.4, 0.5) is 17.1 Å². The SMILES string of the molecule is Cc1ccc(Cl)cc1N(CC(=O)Nc1cccc(NC(=O)c2ccc(C(C)(C)C)cc2)c1)S(=O)(=O)c1ccccc1. The van der Waals surface area contributed by atoms with Crippen molar-refractivity contribution in [2.45, 2.75) is 38.0 Å². The van der Waals surface area contributed by atoms with Gasteiger partial charge in [-0.15, -0.1) is 0 Å². The Balaban J connectivity index is 1.53. The number of aryl methyl sites for hydroxylation is 1. The third-order valence-corrected chi connectivity index (χ3v) is 8.48. The summed E-state index contributed by atoms with van der Waals surface area (Å²) in [5, 5.41) is 5.94. The van der Waals surface area contributed by atoms with E-state index >= 15 is 0 Å². The van der Waals surface area contributed by atoms with Crippen LogP contribution in [0.25, 0.3) is 0 Å². The smallest absolute Gasteiger partial charge is 0.264 e. The molecule has 0 aromatic heterocycles. The number of amides is 2. The molecule has 0 fully saturated rings. The number of carbonyl (C=O) groups is 2. The van der Waals surface area contributed by atoms with Crippen molar-refractivity contribution in [3.63, 3.8) is 0 Å². The fourth-order valence-electron chi connectivity index (χ4n) is 4.20. The molecule has 41 heavy (non-hydrogen) atoms. The Morgan fingerprint density at radius 1 is 0.805 bits per heavy atom. The number of sulfonamides is 1. The third kappa shape index (κ3) is 7.34. The van der Waals surface area contributed by atoms with Crippen LogP contribution in [0.15, 0.2) is 102 Å². The molecule has 0 spiro atoms. The highest BCUT2D eigenvalue weighted by atomic mass is 35.5. The second-order valence-electron chi connectivity index (χ2n) is 10.7. The summed E-state index contributed by atoms with van der Waals surface area (Å²) in [6.45, 7) is 7.58. The molecule has 0 aliphatic heterocycles. The first-order chi connectivity index (χ1) is 19.3. The molecule has 4 aromatic carbocycles. The average molecular weight is 590 g/mol. The fourth-order valence-corrected chi connectivity index (χ4v) is 5.87. The number of carbonyl (C=O) groups excluding carboxylic acids is 2. The van der Waals surface area contributed by atoms with Crippen LogP contribution in [0.3, 0.4) is 0 Å². The Bertz CT molecular complexity index is 1670. The number of halogens is 1. The van der Waals surface area contributed by atoms with E-state index in [9.17, 15) is 18.0 Å². The molecular formula is C32H32ClN3O4S. The van der Waals surface area contributed by atoms with Gasteiger partial charge < -0.3 is 10.6 Å². The molecule has 2 amide bonds. The van der Waals surface area contributed by atoms with Crippen LogP contribution in [0.1, 0.15) is 42.3 Å². The number of hydrogen-bond donors (Lipinski definition) is 2. The summed E-state index contributed by atoms with van der Waals surface area (Å²) >= 11 is 6.20. The van der Waals surface area contributed by atoms with E-state index in [0.29, 0.717) is 33.2 Å². The molecule has 0 saturated carbocycles. The highest BCUT2D eigenvalue weighted by molar-refractivity contribution is 7.92. The van der Waals surface area contributed by atoms with Crippen molar-refractivity contribution < 1.29 is 18.0 Å². The van der Waals surface area contributed by atoms with Crippen LogP contribution < -0.4 is 14.9 Å². The monoisotopic (exact) mass is 589 g/mol. The molecule has 2 N–H and O–H groups in total. The van der Waals surface area contributed by atoms with Crippen molar-refractivity contribution in [3.05, 3.63) is 119 Å². The molecule has 0 atom stereocenters. The van der Waals surface area contributed by atoms with Gasteiger partial charge in [-0.05, 0) is 78.1 Å². The van der Waals surface area contributed by atoms with Gasteiger partial charge in [0.1, 0.15) is 6.54 Å². The van der Waals surface area contributed by atoms with Gasteiger partial charge in [-0.2, -0.15) is 0 Å². The summed E-state index contributed by atoms with van der Waals surface area (Å²) in [5.74, 6) is -0.851. The Morgan fingerprint density at radius 3 is 2.07 bits per heavy atom. The van der Waals surface area contributed by atoms with Gasteiger partial charge in [0.05, 0.1) is 10.6 Å². The average Bonchev–Trinajstić information content (AvgIpc) is 2.93. The van der Waals surface area contributed by atoms with Gasteiger partial charge in [-0.1, -0.05) is 74.8 Å². The molecule has 7 nitrogen and oxygen atoms in total. The van der Waals surface area contributed by atoms with E-state index in [-0.39, 0.29) is 16.2 Å². The minimum Gasteiger partial charge on any atom is -0.324 e. The van der Waals surface area contributed by atoms with Crippen molar-refractivity contribution >= 4 is 50.5 Å². The zero-order valence-electron chi connectivity index (χ0n) is 23.3. The maximum absolute atomic E-state index is 13.6. The van der Waals surface area contributed by atoms with E-state index in [1.807, 2.05) is 12.1 Å². The first kappa shape index (κ1) is 29.8. The van der Waals surface area contributed by atoms with Crippen molar-refractivity contribution in [1.29, 1.82) is 0 Å². The lowest BCUT2D eigenvalue weighted by molar-refractivity contribution is -0.114. The van der Waals surface area contributed by atoms with Gasteiger partial charge in [0.15, 0.2) is 0 Å². The number of nitrogens with one attached hydrogen (secondary N) is 2. The Labute approximate surface area is 246 Å². The summed E-state index contributed by atoms with van der Waals surface area (Å²) in [6, 6.07) is 26.9. The van der Waals surface area contributed by atoms with Crippen LogP contribution in [0.2, 0.25) is 5.02 Å². The highest BCUT2D eigenvalue weighted by Gasteiger charge is 2.28. The Kier molecular flexibility index (Phi) is 8.85.